The summed E-state index contributed by atoms with van der Waals surface area (Å²) in [6.45, 7) is 13.2. The summed E-state index contributed by atoms with van der Waals surface area (Å²) in [5.74, 6) is 1.41. The van der Waals surface area contributed by atoms with Crippen LogP contribution in [0.25, 0.3) is 0 Å². The summed E-state index contributed by atoms with van der Waals surface area (Å²) in [4.78, 5) is 24.6. The molecule has 1 aromatic carbocycles. The van der Waals surface area contributed by atoms with Crippen LogP contribution in [0.4, 0.5) is 0 Å². The average Bonchev–Trinajstić information content (AvgIpc) is 2.88. The second-order valence-corrected chi connectivity index (χ2v) is 11.8. The number of methoxy groups -OCH3 is 2. The third-order valence-electron chi connectivity index (χ3n) is 7.54. The molecule has 0 aromatic heterocycles. The first-order valence-corrected chi connectivity index (χ1v) is 14.1. The summed E-state index contributed by atoms with van der Waals surface area (Å²) >= 11 is 0. The normalized spacial score (nSPS) is 14.2. The molecular weight excluding hydrogens is 498 g/mol. The zero-order valence-corrected chi connectivity index (χ0v) is 25.3. The lowest BCUT2D eigenvalue weighted by atomic mass is 9.82. The minimum absolute atomic E-state index is 0.0695. The van der Waals surface area contributed by atoms with Gasteiger partial charge in [-0.15, -0.1) is 0 Å². The molecule has 0 bridgehead atoms. The predicted octanol–water partition coefficient (Wildman–Crippen LogP) is 4.34. The fraction of sp³-hybridized carbons (Fsp3) is 0.733. The SMILES string of the molecule is COCCCOc1cc(C[C@H](CC[C@@H](C[C@H](C(=O)NCC(C)(C)C(N)=O)C(C)C)NO)C(C)C)ccc1OC. The molecule has 39 heavy (non-hydrogen) atoms. The monoisotopic (exact) mass is 551 g/mol. The topological polar surface area (TPSA) is 132 Å². The van der Waals surface area contributed by atoms with Crippen LogP contribution < -0.4 is 26.0 Å². The highest BCUT2D eigenvalue weighted by molar-refractivity contribution is 5.83. The summed E-state index contributed by atoms with van der Waals surface area (Å²) in [5, 5.41) is 12.8. The smallest absolute Gasteiger partial charge is 0.224 e. The maximum absolute atomic E-state index is 13.0. The lowest BCUT2D eigenvalue weighted by Crippen LogP contribution is -2.46. The number of hydroxylamine groups is 1. The van der Waals surface area contributed by atoms with Crippen LogP contribution in [-0.2, 0) is 20.7 Å². The number of hydrogen-bond donors (Lipinski definition) is 4. The fourth-order valence-electron chi connectivity index (χ4n) is 4.49. The summed E-state index contributed by atoms with van der Waals surface area (Å²) < 4.78 is 16.5. The second kappa shape index (κ2) is 17.4. The Hall–Kier alpha value is -2.36. The van der Waals surface area contributed by atoms with E-state index in [-0.39, 0.29) is 30.3 Å². The number of benzene rings is 1. The predicted molar refractivity (Wildman–Crippen MR) is 154 cm³/mol. The van der Waals surface area contributed by atoms with Gasteiger partial charge in [0, 0.05) is 38.6 Å². The van der Waals surface area contributed by atoms with Gasteiger partial charge in [-0.1, -0.05) is 33.8 Å². The Morgan fingerprint density at radius 1 is 1.03 bits per heavy atom. The van der Waals surface area contributed by atoms with Crippen LogP contribution in [0.3, 0.4) is 0 Å². The molecule has 2 amide bonds. The third-order valence-corrected chi connectivity index (χ3v) is 7.54. The minimum atomic E-state index is -0.827. The van der Waals surface area contributed by atoms with Gasteiger partial charge in [0.2, 0.25) is 11.8 Å². The van der Waals surface area contributed by atoms with Gasteiger partial charge in [-0.2, -0.15) is 0 Å². The third kappa shape index (κ3) is 12.1. The highest BCUT2D eigenvalue weighted by Gasteiger charge is 2.30. The van der Waals surface area contributed by atoms with Crippen molar-refractivity contribution in [2.45, 2.75) is 79.7 Å². The zero-order chi connectivity index (χ0) is 29.6. The Kier molecular flexibility index (Phi) is 15.4. The molecule has 9 heteroatoms. The maximum atomic E-state index is 13.0. The Labute approximate surface area is 235 Å². The number of hydrogen-bond acceptors (Lipinski definition) is 7. The van der Waals surface area contributed by atoms with Crippen LogP contribution >= 0.6 is 0 Å². The van der Waals surface area contributed by atoms with Gasteiger partial charge in [0.25, 0.3) is 0 Å². The molecule has 0 saturated carbocycles. The van der Waals surface area contributed by atoms with Gasteiger partial charge in [0.05, 0.1) is 19.1 Å². The zero-order valence-electron chi connectivity index (χ0n) is 25.3. The van der Waals surface area contributed by atoms with E-state index in [1.54, 1.807) is 28.1 Å². The molecule has 3 atom stereocenters. The van der Waals surface area contributed by atoms with Gasteiger partial charge < -0.3 is 30.5 Å². The number of nitrogens with one attached hydrogen (secondary N) is 2. The van der Waals surface area contributed by atoms with E-state index in [0.29, 0.717) is 37.2 Å². The van der Waals surface area contributed by atoms with E-state index in [1.807, 2.05) is 19.9 Å². The van der Waals surface area contributed by atoms with Crippen molar-refractivity contribution in [3.63, 3.8) is 0 Å². The number of carbonyl (C=O) groups is 2. The van der Waals surface area contributed by atoms with Gasteiger partial charge in [-0.3, -0.25) is 9.59 Å². The fourth-order valence-corrected chi connectivity index (χ4v) is 4.49. The van der Waals surface area contributed by atoms with Crippen LogP contribution in [0.1, 0.15) is 72.8 Å². The van der Waals surface area contributed by atoms with Crippen LogP contribution in [0, 0.1) is 29.1 Å². The quantitative estimate of drug-likeness (QED) is 0.140. The summed E-state index contributed by atoms with van der Waals surface area (Å²) in [5.41, 5.74) is 8.23. The molecule has 0 aliphatic carbocycles. The van der Waals surface area contributed by atoms with Crippen LogP contribution in [0.15, 0.2) is 18.2 Å². The van der Waals surface area contributed by atoms with E-state index in [4.69, 9.17) is 19.9 Å². The highest BCUT2D eigenvalue weighted by Crippen LogP contribution is 2.32. The summed E-state index contributed by atoms with van der Waals surface area (Å²) in [6, 6.07) is 5.84. The van der Waals surface area contributed by atoms with Crippen molar-refractivity contribution in [1.82, 2.24) is 10.8 Å². The number of ether oxygens (including phenoxy) is 3. The number of carbonyl (C=O) groups excluding carboxylic acids is 2. The van der Waals surface area contributed by atoms with Gasteiger partial charge in [0.15, 0.2) is 11.5 Å². The van der Waals surface area contributed by atoms with Crippen molar-refractivity contribution in [3.8, 4) is 11.5 Å². The largest absolute Gasteiger partial charge is 0.493 e. The maximum Gasteiger partial charge on any atom is 0.224 e. The van der Waals surface area contributed by atoms with Crippen LogP contribution in [0.5, 0.6) is 11.5 Å². The van der Waals surface area contributed by atoms with Crippen molar-refractivity contribution in [3.05, 3.63) is 23.8 Å². The molecule has 0 saturated heterocycles. The molecule has 0 heterocycles. The Bertz CT molecular complexity index is 874. The molecule has 1 rings (SSSR count). The van der Waals surface area contributed by atoms with Gasteiger partial charge >= 0.3 is 0 Å². The molecule has 5 N–H and O–H groups in total. The standard InChI is InChI=1S/C30H53N3O6/c1-20(2)23(16-22-10-13-26(38-8)27(17-22)39-15-9-14-37-7)11-12-24(33-36)18-25(21(3)4)28(34)32-19-30(5,6)29(31)35/h10,13,17,20-21,23-25,33,36H,9,11-12,14-16,18-19H2,1-8H3,(H2,31,35)(H,32,34)/t23-,24-,25-/m0/s1. The molecule has 0 radical (unpaired) electrons. The van der Waals surface area contributed by atoms with Crippen LogP contribution in [0.2, 0.25) is 0 Å². The van der Waals surface area contributed by atoms with Gasteiger partial charge in [0.1, 0.15) is 0 Å². The van der Waals surface area contributed by atoms with Crippen molar-refractivity contribution in [2.75, 3.05) is 34.0 Å². The van der Waals surface area contributed by atoms with E-state index in [0.717, 1.165) is 31.4 Å². The molecule has 1 aromatic rings. The average molecular weight is 552 g/mol. The van der Waals surface area contributed by atoms with E-state index < -0.39 is 11.3 Å². The molecular formula is C30H53N3O6. The Morgan fingerprint density at radius 3 is 2.26 bits per heavy atom. The minimum Gasteiger partial charge on any atom is -0.493 e. The summed E-state index contributed by atoms with van der Waals surface area (Å²) in [6.07, 6.45) is 3.76. The molecule has 0 unspecified atom stereocenters. The number of amides is 2. The first-order valence-electron chi connectivity index (χ1n) is 14.1. The van der Waals surface area contributed by atoms with Gasteiger partial charge in [-0.05, 0) is 75.0 Å². The van der Waals surface area contributed by atoms with E-state index in [2.05, 4.69) is 36.8 Å². The lowest BCUT2D eigenvalue weighted by molar-refractivity contribution is -0.129. The molecule has 0 spiro atoms. The molecule has 9 nitrogen and oxygen atoms in total. The van der Waals surface area contributed by atoms with Crippen molar-refractivity contribution in [2.24, 2.45) is 34.8 Å². The lowest BCUT2D eigenvalue weighted by Gasteiger charge is -2.28. The Morgan fingerprint density at radius 2 is 1.72 bits per heavy atom. The summed E-state index contributed by atoms with van der Waals surface area (Å²) in [7, 11) is 3.31. The number of nitrogens with two attached hydrogens (primary N) is 1. The first kappa shape index (κ1) is 34.7. The molecule has 0 aliphatic heterocycles. The highest BCUT2D eigenvalue weighted by atomic mass is 16.5. The molecule has 0 aliphatic rings. The van der Waals surface area contributed by atoms with Gasteiger partial charge in [-0.25, -0.2) is 5.48 Å². The van der Waals surface area contributed by atoms with E-state index >= 15 is 0 Å². The van der Waals surface area contributed by atoms with Crippen molar-refractivity contribution in [1.29, 1.82) is 0 Å². The second-order valence-electron chi connectivity index (χ2n) is 11.8. The molecule has 224 valence electrons. The Balaban J connectivity index is 2.84. The first-order chi connectivity index (χ1) is 18.4. The van der Waals surface area contributed by atoms with Crippen molar-refractivity contribution < 1.29 is 29.0 Å². The van der Waals surface area contributed by atoms with Crippen molar-refractivity contribution >= 4 is 11.8 Å². The van der Waals surface area contributed by atoms with Crippen LogP contribution in [-0.4, -0.2) is 57.0 Å². The van der Waals surface area contributed by atoms with E-state index in [1.165, 1.54) is 5.56 Å². The molecule has 0 fully saturated rings. The van der Waals surface area contributed by atoms with E-state index in [9.17, 15) is 14.8 Å². The number of primary amides is 1. The number of rotatable bonds is 20.